The van der Waals surface area contributed by atoms with Crippen molar-refractivity contribution in [2.45, 2.75) is 20.8 Å². The standard InChI is InChI=1S/C23H25NO4/c1-6-27-17-9-7-16(8-10-17)20-13-28-23-15(3)22(26-5)18(12-19(20)23)14(2)11-21(25)24-4/h7-13H,6H2,1-5H3,(H,24,25)/b14-11+. The molecule has 2 aromatic carbocycles. The molecule has 5 heteroatoms. The molecule has 0 aliphatic rings. The minimum atomic E-state index is -0.156. The molecular weight excluding hydrogens is 354 g/mol. The number of hydrogen-bond acceptors (Lipinski definition) is 4. The van der Waals surface area contributed by atoms with E-state index >= 15 is 0 Å². The van der Waals surface area contributed by atoms with Crippen LogP contribution in [0.1, 0.15) is 25.0 Å². The van der Waals surface area contributed by atoms with Crippen molar-refractivity contribution < 1.29 is 18.7 Å². The van der Waals surface area contributed by atoms with Crippen molar-refractivity contribution in [2.24, 2.45) is 0 Å². The molecule has 0 bridgehead atoms. The van der Waals surface area contributed by atoms with Crippen LogP contribution in [0.15, 0.2) is 47.1 Å². The molecule has 0 spiro atoms. The molecule has 0 saturated heterocycles. The highest BCUT2D eigenvalue weighted by Crippen LogP contribution is 2.40. The Bertz CT molecular complexity index is 1030. The molecule has 146 valence electrons. The van der Waals surface area contributed by atoms with Gasteiger partial charge in [0.2, 0.25) is 5.91 Å². The highest BCUT2D eigenvalue weighted by molar-refractivity contribution is 6.01. The molecule has 5 nitrogen and oxygen atoms in total. The molecule has 3 rings (SSSR count). The van der Waals surface area contributed by atoms with E-state index in [1.165, 1.54) is 0 Å². The van der Waals surface area contributed by atoms with E-state index in [0.29, 0.717) is 12.4 Å². The number of aryl methyl sites for hydroxylation is 1. The summed E-state index contributed by atoms with van der Waals surface area (Å²) in [5.41, 5.74) is 5.38. The molecular formula is C23H25NO4. The lowest BCUT2D eigenvalue weighted by Crippen LogP contribution is -2.14. The average molecular weight is 379 g/mol. The van der Waals surface area contributed by atoms with Crippen LogP contribution in [0, 0.1) is 6.92 Å². The lowest BCUT2D eigenvalue weighted by atomic mass is 9.96. The van der Waals surface area contributed by atoms with Gasteiger partial charge in [0, 0.05) is 35.2 Å². The van der Waals surface area contributed by atoms with E-state index < -0.39 is 0 Å². The Morgan fingerprint density at radius 1 is 1.25 bits per heavy atom. The lowest BCUT2D eigenvalue weighted by Gasteiger charge is -2.13. The number of carbonyl (C=O) groups is 1. The van der Waals surface area contributed by atoms with Crippen LogP contribution < -0.4 is 14.8 Å². The second-order valence-corrected chi connectivity index (χ2v) is 6.51. The quantitative estimate of drug-likeness (QED) is 0.615. The monoisotopic (exact) mass is 379 g/mol. The van der Waals surface area contributed by atoms with E-state index in [9.17, 15) is 4.79 Å². The lowest BCUT2D eigenvalue weighted by molar-refractivity contribution is -0.116. The fourth-order valence-electron chi connectivity index (χ4n) is 3.34. The first-order valence-corrected chi connectivity index (χ1v) is 9.22. The molecule has 1 amide bonds. The highest BCUT2D eigenvalue weighted by Gasteiger charge is 2.18. The van der Waals surface area contributed by atoms with Gasteiger partial charge >= 0.3 is 0 Å². The zero-order valence-electron chi connectivity index (χ0n) is 16.9. The largest absolute Gasteiger partial charge is 0.496 e. The third kappa shape index (κ3) is 3.60. The van der Waals surface area contributed by atoms with Crippen molar-refractivity contribution in [3.05, 3.63) is 53.8 Å². The molecule has 0 radical (unpaired) electrons. The minimum Gasteiger partial charge on any atom is -0.496 e. The van der Waals surface area contributed by atoms with Gasteiger partial charge in [-0.2, -0.15) is 0 Å². The number of benzene rings is 2. The Morgan fingerprint density at radius 2 is 1.96 bits per heavy atom. The van der Waals surface area contributed by atoms with Crippen molar-refractivity contribution in [1.82, 2.24) is 5.32 Å². The normalized spacial score (nSPS) is 11.5. The van der Waals surface area contributed by atoms with Crippen molar-refractivity contribution in [2.75, 3.05) is 20.8 Å². The number of furan rings is 1. The topological polar surface area (TPSA) is 60.7 Å². The van der Waals surface area contributed by atoms with Gasteiger partial charge in [-0.15, -0.1) is 0 Å². The number of methoxy groups -OCH3 is 1. The maximum absolute atomic E-state index is 11.8. The van der Waals surface area contributed by atoms with Crippen LogP contribution in [0.5, 0.6) is 11.5 Å². The Labute approximate surface area is 164 Å². The first-order valence-electron chi connectivity index (χ1n) is 9.22. The van der Waals surface area contributed by atoms with E-state index in [-0.39, 0.29) is 5.91 Å². The fraction of sp³-hybridized carbons (Fsp3) is 0.261. The molecule has 3 aromatic rings. The SMILES string of the molecule is CCOc1ccc(-c2coc3c(C)c(OC)c(/C(C)=C/C(=O)NC)cc23)cc1. The first kappa shape index (κ1) is 19.5. The van der Waals surface area contributed by atoms with Gasteiger partial charge < -0.3 is 19.2 Å². The van der Waals surface area contributed by atoms with Crippen LogP contribution >= 0.6 is 0 Å². The second kappa shape index (κ2) is 8.21. The number of fused-ring (bicyclic) bond motifs is 1. The summed E-state index contributed by atoms with van der Waals surface area (Å²) in [4.78, 5) is 11.8. The van der Waals surface area contributed by atoms with Gasteiger partial charge in [-0.1, -0.05) is 12.1 Å². The summed E-state index contributed by atoms with van der Waals surface area (Å²) in [7, 11) is 3.24. The molecule has 1 N–H and O–H groups in total. The minimum absolute atomic E-state index is 0.156. The first-order chi connectivity index (χ1) is 13.5. The summed E-state index contributed by atoms with van der Waals surface area (Å²) in [5, 5.41) is 3.59. The summed E-state index contributed by atoms with van der Waals surface area (Å²) >= 11 is 0. The summed E-state index contributed by atoms with van der Waals surface area (Å²) in [6.07, 6.45) is 3.33. The van der Waals surface area contributed by atoms with Crippen LogP contribution in [0.25, 0.3) is 27.7 Å². The predicted octanol–water partition coefficient (Wildman–Crippen LogP) is 4.96. The number of nitrogens with one attached hydrogen (secondary N) is 1. The third-order valence-corrected chi connectivity index (χ3v) is 4.74. The van der Waals surface area contributed by atoms with E-state index in [0.717, 1.165) is 44.5 Å². The average Bonchev–Trinajstić information content (AvgIpc) is 3.13. The molecule has 28 heavy (non-hydrogen) atoms. The van der Waals surface area contributed by atoms with E-state index in [4.69, 9.17) is 13.9 Å². The zero-order chi connectivity index (χ0) is 20.3. The van der Waals surface area contributed by atoms with Gasteiger partial charge in [-0.3, -0.25) is 4.79 Å². The summed E-state index contributed by atoms with van der Waals surface area (Å²) < 4.78 is 17.0. The Hall–Kier alpha value is -3.21. The molecule has 1 aromatic heterocycles. The van der Waals surface area contributed by atoms with E-state index in [2.05, 4.69) is 5.32 Å². The zero-order valence-corrected chi connectivity index (χ0v) is 16.9. The van der Waals surface area contributed by atoms with Gasteiger partial charge in [0.05, 0.1) is 20.0 Å². The Kier molecular flexibility index (Phi) is 5.73. The summed E-state index contributed by atoms with van der Waals surface area (Å²) in [5.74, 6) is 1.39. The van der Waals surface area contributed by atoms with Crippen LogP contribution in [0.2, 0.25) is 0 Å². The maximum Gasteiger partial charge on any atom is 0.244 e. The third-order valence-electron chi connectivity index (χ3n) is 4.74. The molecule has 0 atom stereocenters. The smallest absolute Gasteiger partial charge is 0.244 e. The number of rotatable bonds is 6. The molecule has 0 aliphatic heterocycles. The predicted molar refractivity (Wildman–Crippen MR) is 112 cm³/mol. The van der Waals surface area contributed by atoms with Crippen molar-refractivity contribution in [3.63, 3.8) is 0 Å². The molecule has 0 fully saturated rings. The Morgan fingerprint density at radius 3 is 2.57 bits per heavy atom. The van der Waals surface area contributed by atoms with Crippen LogP contribution in [0.3, 0.4) is 0 Å². The van der Waals surface area contributed by atoms with Gasteiger partial charge in [-0.05, 0) is 50.1 Å². The second-order valence-electron chi connectivity index (χ2n) is 6.51. The van der Waals surface area contributed by atoms with E-state index in [1.54, 1.807) is 26.5 Å². The van der Waals surface area contributed by atoms with Crippen LogP contribution in [-0.2, 0) is 4.79 Å². The number of ether oxygens (including phenoxy) is 2. The summed E-state index contributed by atoms with van der Waals surface area (Å²) in [6.45, 7) is 6.45. The van der Waals surface area contributed by atoms with Crippen molar-refractivity contribution in [3.8, 4) is 22.6 Å². The highest BCUT2D eigenvalue weighted by atomic mass is 16.5. The molecule has 0 unspecified atom stereocenters. The number of likely N-dealkylation sites (N-methyl/N-ethyl adjacent to an activating group) is 1. The number of hydrogen-bond donors (Lipinski definition) is 1. The van der Waals surface area contributed by atoms with Gasteiger partial charge in [0.1, 0.15) is 17.1 Å². The van der Waals surface area contributed by atoms with Crippen LogP contribution in [-0.4, -0.2) is 26.7 Å². The molecule has 1 heterocycles. The fourth-order valence-corrected chi connectivity index (χ4v) is 3.34. The summed E-state index contributed by atoms with van der Waals surface area (Å²) in [6, 6.07) is 9.95. The van der Waals surface area contributed by atoms with Gasteiger partial charge in [0.15, 0.2) is 0 Å². The molecule has 0 aliphatic carbocycles. The number of amides is 1. The van der Waals surface area contributed by atoms with E-state index in [1.807, 2.05) is 51.1 Å². The number of carbonyl (C=O) groups excluding carboxylic acids is 1. The maximum atomic E-state index is 11.8. The van der Waals surface area contributed by atoms with Gasteiger partial charge in [0.25, 0.3) is 0 Å². The molecule has 0 saturated carbocycles. The van der Waals surface area contributed by atoms with Gasteiger partial charge in [-0.25, -0.2) is 0 Å². The number of allylic oxidation sites excluding steroid dienone is 1. The van der Waals surface area contributed by atoms with Crippen molar-refractivity contribution in [1.29, 1.82) is 0 Å². The van der Waals surface area contributed by atoms with Crippen LogP contribution in [0.4, 0.5) is 0 Å². The Balaban J connectivity index is 2.17. The van der Waals surface area contributed by atoms with Crippen molar-refractivity contribution >= 4 is 22.4 Å².